The van der Waals surface area contributed by atoms with Crippen LogP contribution in [0.25, 0.3) is 0 Å². The molecular weight excluding hydrogens is 252 g/mol. The van der Waals surface area contributed by atoms with E-state index in [-0.39, 0.29) is 6.10 Å². The minimum Gasteiger partial charge on any atom is -0.399 e. The van der Waals surface area contributed by atoms with E-state index < -0.39 is 10.0 Å². The Morgan fingerprint density at radius 3 is 2.72 bits per heavy atom. The third kappa shape index (κ3) is 2.36. The number of nitrogen functional groups attached to an aromatic ring is 1. The van der Waals surface area contributed by atoms with Crippen LogP contribution in [0.2, 0.25) is 0 Å². The molecule has 6 heteroatoms. The summed E-state index contributed by atoms with van der Waals surface area (Å²) in [5, 5.41) is 0. The fourth-order valence-electron chi connectivity index (χ4n) is 2.07. The second-order valence-electron chi connectivity index (χ2n) is 4.53. The van der Waals surface area contributed by atoms with Gasteiger partial charge >= 0.3 is 0 Å². The zero-order chi connectivity index (χ0) is 13.3. The highest BCUT2D eigenvalue weighted by atomic mass is 32.2. The number of nitrogens with zero attached hydrogens (tertiary/aromatic N) is 1. The molecule has 0 bridgehead atoms. The number of nitrogens with two attached hydrogens (primary N) is 1. The summed E-state index contributed by atoms with van der Waals surface area (Å²) in [6.45, 7) is 2.73. The normalized spacial score (nSPS) is 21.3. The Kier molecular flexibility index (Phi) is 3.61. The molecule has 2 N–H and O–H groups in total. The highest BCUT2D eigenvalue weighted by Crippen LogP contribution is 2.24. The van der Waals surface area contributed by atoms with Gasteiger partial charge in [0, 0.05) is 25.9 Å². The van der Waals surface area contributed by atoms with Gasteiger partial charge in [0.15, 0.2) is 0 Å². The maximum absolute atomic E-state index is 12.4. The number of hydrogen-bond acceptors (Lipinski definition) is 4. The van der Waals surface area contributed by atoms with Crippen molar-refractivity contribution in [3.8, 4) is 0 Å². The lowest BCUT2D eigenvalue weighted by Crippen LogP contribution is -2.30. The van der Waals surface area contributed by atoms with Gasteiger partial charge in [-0.15, -0.1) is 0 Å². The maximum atomic E-state index is 12.4. The topological polar surface area (TPSA) is 72.6 Å². The van der Waals surface area contributed by atoms with E-state index in [9.17, 15) is 8.42 Å². The average molecular weight is 270 g/mol. The molecule has 1 unspecified atom stereocenters. The van der Waals surface area contributed by atoms with Crippen LogP contribution in [-0.4, -0.2) is 39.0 Å². The first-order chi connectivity index (χ1) is 8.45. The molecular formula is C12H18N2O3S. The quantitative estimate of drug-likeness (QED) is 0.831. The van der Waals surface area contributed by atoms with E-state index in [1.165, 1.54) is 4.31 Å². The molecule has 1 heterocycles. The van der Waals surface area contributed by atoms with E-state index in [4.69, 9.17) is 10.5 Å². The fraction of sp³-hybridized carbons (Fsp3) is 0.500. The molecule has 1 aliphatic heterocycles. The van der Waals surface area contributed by atoms with Crippen LogP contribution in [0.15, 0.2) is 23.1 Å². The van der Waals surface area contributed by atoms with Crippen molar-refractivity contribution in [1.82, 2.24) is 4.31 Å². The molecule has 1 fully saturated rings. The van der Waals surface area contributed by atoms with Crippen molar-refractivity contribution in [2.24, 2.45) is 0 Å². The highest BCUT2D eigenvalue weighted by molar-refractivity contribution is 7.89. The molecule has 1 aromatic carbocycles. The number of ether oxygens (including phenoxy) is 1. The molecule has 0 amide bonds. The number of hydrogen-bond donors (Lipinski definition) is 1. The number of methoxy groups -OCH3 is 1. The van der Waals surface area contributed by atoms with Gasteiger partial charge in [0.25, 0.3) is 0 Å². The fourth-order valence-corrected chi connectivity index (χ4v) is 3.64. The summed E-state index contributed by atoms with van der Waals surface area (Å²) in [7, 11) is -1.82. The first-order valence-electron chi connectivity index (χ1n) is 5.84. The summed E-state index contributed by atoms with van der Waals surface area (Å²) in [6, 6.07) is 4.80. The van der Waals surface area contributed by atoms with E-state index >= 15 is 0 Å². The van der Waals surface area contributed by atoms with Crippen LogP contribution in [0, 0.1) is 6.92 Å². The van der Waals surface area contributed by atoms with Crippen molar-refractivity contribution in [2.75, 3.05) is 25.9 Å². The van der Waals surface area contributed by atoms with Crippen LogP contribution in [0.4, 0.5) is 5.69 Å². The highest BCUT2D eigenvalue weighted by Gasteiger charge is 2.32. The summed E-state index contributed by atoms with van der Waals surface area (Å²) >= 11 is 0. The molecule has 0 aliphatic carbocycles. The maximum Gasteiger partial charge on any atom is 0.243 e. The van der Waals surface area contributed by atoms with Crippen LogP contribution in [0.1, 0.15) is 12.0 Å². The Morgan fingerprint density at radius 2 is 2.17 bits per heavy atom. The Balaban J connectivity index is 2.28. The van der Waals surface area contributed by atoms with Gasteiger partial charge < -0.3 is 10.5 Å². The van der Waals surface area contributed by atoms with Gasteiger partial charge in [0.2, 0.25) is 10.0 Å². The van der Waals surface area contributed by atoms with E-state index in [1.54, 1.807) is 32.2 Å². The van der Waals surface area contributed by atoms with Crippen LogP contribution < -0.4 is 5.73 Å². The molecule has 1 atom stereocenters. The number of anilines is 1. The lowest BCUT2D eigenvalue weighted by molar-refractivity contribution is 0.115. The van der Waals surface area contributed by atoms with Crippen molar-refractivity contribution in [2.45, 2.75) is 24.3 Å². The van der Waals surface area contributed by atoms with E-state index in [0.717, 1.165) is 12.0 Å². The van der Waals surface area contributed by atoms with Gasteiger partial charge in [-0.05, 0) is 37.1 Å². The molecule has 0 spiro atoms. The summed E-state index contributed by atoms with van der Waals surface area (Å²) in [5.74, 6) is 0. The van der Waals surface area contributed by atoms with Crippen LogP contribution in [0.3, 0.4) is 0 Å². The van der Waals surface area contributed by atoms with Crippen LogP contribution >= 0.6 is 0 Å². The van der Waals surface area contributed by atoms with Gasteiger partial charge in [0.1, 0.15) is 0 Å². The van der Waals surface area contributed by atoms with Crippen molar-refractivity contribution < 1.29 is 13.2 Å². The van der Waals surface area contributed by atoms with Crippen molar-refractivity contribution in [3.05, 3.63) is 23.8 Å². The van der Waals surface area contributed by atoms with E-state index in [0.29, 0.717) is 23.7 Å². The lowest BCUT2D eigenvalue weighted by Gasteiger charge is -2.17. The third-order valence-electron chi connectivity index (χ3n) is 3.32. The van der Waals surface area contributed by atoms with Gasteiger partial charge in [0.05, 0.1) is 11.0 Å². The number of aryl methyl sites for hydroxylation is 1. The van der Waals surface area contributed by atoms with Gasteiger partial charge in [-0.2, -0.15) is 4.31 Å². The summed E-state index contributed by atoms with van der Waals surface area (Å²) in [5.41, 5.74) is 7.08. The minimum atomic E-state index is -3.42. The number of benzene rings is 1. The molecule has 18 heavy (non-hydrogen) atoms. The lowest BCUT2D eigenvalue weighted by atomic mass is 10.2. The average Bonchev–Trinajstić information content (AvgIpc) is 2.81. The van der Waals surface area contributed by atoms with Gasteiger partial charge in [-0.3, -0.25) is 0 Å². The molecule has 0 aromatic heterocycles. The van der Waals surface area contributed by atoms with Crippen molar-refractivity contribution in [1.29, 1.82) is 0 Å². The second-order valence-corrected chi connectivity index (χ2v) is 6.47. The molecule has 1 aliphatic rings. The van der Waals surface area contributed by atoms with E-state index in [1.807, 2.05) is 0 Å². The zero-order valence-electron chi connectivity index (χ0n) is 10.6. The largest absolute Gasteiger partial charge is 0.399 e. The Bertz CT molecular complexity index is 542. The number of sulfonamides is 1. The van der Waals surface area contributed by atoms with Crippen molar-refractivity contribution in [3.63, 3.8) is 0 Å². The smallest absolute Gasteiger partial charge is 0.243 e. The van der Waals surface area contributed by atoms with Gasteiger partial charge in [-0.25, -0.2) is 8.42 Å². The molecule has 1 aromatic rings. The monoisotopic (exact) mass is 270 g/mol. The minimum absolute atomic E-state index is 0.00495. The predicted octanol–water partition coefficient (Wildman–Crippen LogP) is 0.987. The third-order valence-corrected chi connectivity index (χ3v) is 5.18. The molecule has 100 valence electrons. The van der Waals surface area contributed by atoms with Gasteiger partial charge in [-0.1, -0.05) is 0 Å². The summed E-state index contributed by atoms with van der Waals surface area (Å²) in [4.78, 5) is 0.297. The molecule has 5 nitrogen and oxygen atoms in total. The Labute approximate surface area is 108 Å². The van der Waals surface area contributed by atoms with Crippen molar-refractivity contribution >= 4 is 15.7 Å². The zero-order valence-corrected chi connectivity index (χ0v) is 11.4. The predicted molar refractivity (Wildman–Crippen MR) is 69.8 cm³/mol. The standard InChI is InChI=1S/C12H18N2O3S/c1-9-7-11(3-4-12(9)13)18(15,16)14-6-5-10(8-14)17-2/h3-4,7,10H,5-6,8,13H2,1-2H3. The number of rotatable bonds is 3. The second kappa shape index (κ2) is 4.87. The Hall–Kier alpha value is -1.11. The SMILES string of the molecule is COC1CCN(S(=O)(=O)c2ccc(N)c(C)c2)C1. The molecule has 0 saturated carbocycles. The summed E-state index contributed by atoms with van der Waals surface area (Å²) < 4.78 is 31.4. The first-order valence-corrected chi connectivity index (χ1v) is 7.28. The van der Waals surface area contributed by atoms with Crippen LogP contribution in [-0.2, 0) is 14.8 Å². The molecule has 1 saturated heterocycles. The molecule has 2 rings (SSSR count). The Morgan fingerprint density at radius 1 is 1.44 bits per heavy atom. The molecule has 0 radical (unpaired) electrons. The summed E-state index contributed by atoms with van der Waals surface area (Å²) in [6.07, 6.45) is 0.735. The van der Waals surface area contributed by atoms with Crippen LogP contribution in [0.5, 0.6) is 0 Å². The first kappa shape index (κ1) is 13.3. The van der Waals surface area contributed by atoms with E-state index in [2.05, 4.69) is 0 Å².